The summed E-state index contributed by atoms with van der Waals surface area (Å²) in [7, 11) is 0. The van der Waals surface area contributed by atoms with Crippen LogP contribution < -0.4 is 5.32 Å². The molecule has 1 amide bonds. The van der Waals surface area contributed by atoms with Crippen LogP contribution in [0.3, 0.4) is 0 Å². The molecule has 2 rings (SSSR count). The molecule has 0 saturated heterocycles. The fourth-order valence-corrected chi connectivity index (χ4v) is 3.77. The fourth-order valence-electron chi connectivity index (χ4n) is 3.18. The van der Waals surface area contributed by atoms with Crippen LogP contribution in [0.4, 0.5) is 0 Å². The molecule has 0 radical (unpaired) electrons. The Bertz CT molecular complexity index is 693. The molecule has 134 valence electrons. The minimum absolute atomic E-state index is 0.00000298. The number of benzene rings is 2. The van der Waals surface area contributed by atoms with Crippen molar-refractivity contribution < 1.29 is 4.79 Å². The third kappa shape index (κ3) is 5.76. The predicted molar refractivity (Wildman–Crippen MR) is 106 cm³/mol. The van der Waals surface area contributed by atoms with Gasteiger partial charge in [-0.15, -0.1) is 0 Å². The fraction of sp³-hybridized carbons (Fsp3) is 0.381. The van der Waals surface area contributed by atoms with Crippen molar-refractivity contribution in [1.82, 2.24) is 5.32 Å². The van der Waals surface area contributed by atoms with Gasteiger partial charge in [-0.3, -0.25) is 4.79 Å². The molecule has 0 saturated carbocycles. The zero-order chi connectivity index (χ0) is 18.4. The van der Waals surface area contributed by atoms with Crippen molar-refractivity contribution >= 4 is 29.1 Å². The van der Waals surface area contributed by atoms with Gasteiger partial charge in [-0.2, -0.15) is 0 Å². The highest BCUT2D eigenvalue weighted by Gasteiger charge is 2.24. The maximum Gasteiger partial charge on any atom is 0.220 e. The van der Waals surface area contributed by atoms with Crippen LogP contribution in [0.15, 0.2) is 48.5 Å². The highest BCUT2D eigenvalue weighted by Crippen LogP contribution is 2.28. The Labute approximate surface area is 160 Å². The molecule has 0 aliphatic heterocycles. The van der Waals surface area contributed by atoms with E-state index in [4.69, 9.17) is 23.2 Å². The van der Waals surface area contributed by atoms with Crippen molar-refractivity contribution in [3.05, 3.63) is 69.7 Å². The molecule has 0 heterocycles. The van der Waals surface area contributed by atoms with E-state index in [1.165, 1.54) is 5.56 Å². The molecule has 0 aromatic heterocycles. The SMILES string of the molecule is C[C@@H](CC(C)(C)c1ccccc1)NC(=O)CCc1c(Cl)cccc1Cl. The maximum absolute atomic E-state index is 12.3. The molecular weight excluding hydrogens is 353 g/mol. The van der Waals surface area contributed by atoms with Crippen molar-refractivity contribution in [3.8, 4) is 0 Å². The first-order valence-corrected chi connectivity index (χ1v) is 9.33. The number of amides is 1. The number of rotatable bonds is 7. The Hall–Kier alpha value is -1.51. The number of carbonyl (C=O) groups excluding carboxylic acids is 1. The summed E-state index contributed by atoms with van der Waals surface area (Å²) in [4.78, 5) is 12.3. The second kappa shape index (κ2) is 8.73. The van der Waals surface area contributed by atoms with Gasteiger partial charge in [-0.05, 0) is 48.4 Å². The first-order chi connectivity index (χ1) is 11.8. The minimum Gasteiger partial charge on any atom is -0.354 e. The van der Waals surface area contributed by atoms with Crippen LogP contribution in [0.5, 0.6) is 0 Å². The summed E-state index contributed by atoms with van der Waals surface area (Å²) in [5.41, 5.74) is 2.11. The molecule has 0 spiro atoms. The van der Waals surface area contributed by atoms with Crippen LogP contribution >= 0.6 is 23.2 Å². The Balaban J connectivity index is 1.88. The summed E-state index contributed by atoms with van der Waals surface area (Å²) >= 11 is 12.3. The quantitative estimate of drug-likeness (QED) is 0.648. The van der Waals surface area contributed by atoms with Crippen LogP contribution in [0.2, 0.25) is 10.0 Å². The lowest BCUT2D eigenvalue weighted by atomic mass is 9.79. The standard InChI is InChI=1S/C21H25Cl2NO/c1-15(14-21(2,3)16-8-5-4-6-9-16)24-20(25)13-12-17-18(22)10-7-11-19(17)23/h4-11,15H,12-14H2,1-3H3,(H,24,25)/t15-/m0/s1. The Morgan fingerprint density at radius 1 is 1.04 bits per heavy atom. The Morgan fingerprint density at radius 2 is 1.64 bits per heavy atom. The van der Waals surface area contributed by atoms with Crippen LogP contribution in [0.25, 0.3) is 0 Å². The van der Waals surface area contributed by atoms with E-state index in [0.717, 1.165) is 12.0 Å². The van der Waals surface area contributed by atoms with E-state index in [1.54, 1.807) is 12.1 Å². The lowest BCUT2D eigenvalue weighted by molar-refractivity contribution is -0.121. The molecule has 0 unspecified atom stereocenters. The van der Waals surface area contributed by atoms with Crippen molar-refractivity contribution in [2.45, 2.75) is 51.5 Å². The van der Waals surface area contributed by atoms with E-state index in [-0.39, 0.29) is 17.4 Å². The third-order valence-corrected chi connectivity index (χ3v) is 5.15. The summed E-state index contributed by atoms with van der Waals surface area (Å²) in [5, 5.41) is 4.31. The smallest absolute Gasteiger partial charge is 0.220 e. The summed E-state index contributed by atoms with van der Waals surface area (Å²) in [6, 6.07) is 15.9. The molecule has 1 atom stereocenters. The first-order valence-electron chi connectivity index (χ1n) is 8.57. The van der Waals surface area contributed by atoms with E-state index in [9.17, 15) is 4.79 Å². The molecular formula is C21H25Cl2NO. The van der Waals surface area contributed by atoms with Crippen LogP contribution in [-0.4, -0.2) is 11.9 Å². The Kier molecular flexibility index (Phi) is 6.92. The lowest BCUT2D eigenvalue weighted by Gasteiger charge is -2.29. The summed E-state index contributed by atoms with van der Waals surface area (Å²) in [5.74, 6) is 0.0207. The molecule has 2 aromatic rings. The van der Waals surface area contributed by atoms with Crippen LogP contribution in [-0.2, 0) is 16.6 Å². The second-order valence-corrected chi connectivity index (χ2v) is 7.94. The summed E-state index contributed by atoms with van der Waals surface area (Å²) in [6.07, 6.45) is 1.79. The lowest BCUT2D eigenvalue weighted by Crippen LogP contribution is -2.37. The normalized spacial score (nSPS) is 12.7. The molecule has 1 N–H and O–H groups in total. The van der Waals surface area contributed by atoms with E-state index < -0.39 is 0 Å². The van der Waals surface area contributed by atoms with Gasteiger partial charge in [0.05, 0.1) is 0 Å². The molecule has 0 fully saturated rings. The van der Waals surface area contributed by atoms with Crippen LogP contribution in [0.1, 0.15) is 44.7 Å². The van der Waals surface area contributed by atoms with Gasteiger partial charge < -0.3 is 5.32 Å². The van der Waals surface area contributed by atoms with Gasteiger partial charge in [0.15, 0.2) is 0 Å². The van der Waals surface area contributed by atoms with Crippen molar-refractivity contribution in [3.63, 3.8) is 0 Å². The first kappa shape index (κ1) is 19.8. The highest BCUT2D eigenvalue weighted by atomic mass is 35.5. The van der Waals surface area contributed by atoms with Gasteiger partial charge in [0.1, 0.15) is 0 Å². The molecule has 2 nitrogen and oxygen atoms in total. The molecule has 0 aliphatic rings. The second-order valence-electron chi connectivity index (χ2n) is 7.12. The zero-order valence-corrected chi connectivity index (χ0v) is 16.5. The molecule has 4 heteroatoms. The van der Waals surface area contributed by atoms with E-state index in [1.807, 2.05) is 31.2 Å². The molecule has 25 heavy (non-hydrogen) atoms. The number of hydrogen-bond acceptors (Lipinski definition) is 1. The number of nitrogens with one attached hydrogen (secondary N) is 1. The number of hydrogen-bond donors (Lipinski definition) is 1. The zero-order valence-electron chi connectivity index (χ0n) is 15.0. The molecule has 0 bridgehead atoms. The van der Waals surface area contributed by atoms with Crippen LogP contribution in [0, 0.1) is 0 Å². The molecule has 2 aromatic carbocycles. The summed E-state index contributed by atoms with van der Waals surface area (Å²) in [6.45, 7) is 6.45. The molecule has 0 aliphatic carbocycles. The maximum atomic E-state index is 12.3. The van der Waals surface area contributed by atoms with Crippen molar-refractivity contribution in [1.29, 1.82) is 0 Å². The van der Waals surface area contributed by atoms with Gasteiger partial charge in [0.2, 0.25) is 5.91 Å². The van der Waals surface area contributed by atoms with E-state index in [0.29, 0.717) is 22.9 Å². The van der Waals surface area contributed by atoms with Crippen molar-refractivity contribution in [2.24, 2.45) is 0 Å². The highest BCUT2D eigenvalue weighted by molar-refractivity contribution is 6.36. The van der Waals surface area contributed by atoms with Gasteiger partial charge in [0, 0.05) is 22.5 Å². The monoisotopic (exact) mass is 377 g/mol. The number of halogens is 2. The van der Waals surface area contributed by atoms with Crippen molar-refractivity contribution in [2.75, 3.05) is 0 Å². The number of carbonyl (C=O) groups is 1. The average Bonchev–Trinajstić information content (AvgIpc) is 2.54. The van der Waals surface area contributed by atoms with Gasteiger partial charge in [-0.25, -0.2) is 0 Å². The van der Waals surface area contributed by atoms with E-state index in [2.05, 4.69) is 31.3 Å². The largest absolute Gasteiger partial charge is 0.354 e. The average molecular weight is 378 g/mol. The van der Waals surface area contributed by atoms with Gasteiger partial charge in [0.25, 0.3) is 0 Å². The van der Waals surface area contributed by atoms with Gasteiger partial charge in [-0.1, -0.05) is 73.4 Å². The van der Waals surface area contributed by atoms with Gasteiger partial charge >= 0.3 is 0 Å². The van der Waals surface area contributed by atoms with E-state index >= 15 is 0 Å². The summed E-state index contributed by atoms with van der Waals surface area (Å²) < 4.78 is 0. The Morgan fingerprint density at radius 3 is 2.24 bits per heavy atom. The third-order valence-electron chi connectivity index (χ3n) is 4.44. The topological polar surface area (TPSA) is 29.1 Å². The predicted octanol–water partition coefficient (Wildman–Crippen LogP) is 5.80. The minimum atomic E-state index is 0.00000298.